The molecule has 0 aliphatic rings. The fourth-order valence-corrected chi connectivity index (χ4v) is 1.67. The predicted molar refractivity (Wildman–Crippen MR) is 64.8 cm³/mol. The fourth-order valence-electron chi connectivity index (χ4n) is 1.67. The first-order chi connectivity index (χ1) is 8.61. The second-order valence-electron chi connectivity index (χ2n) is 3.73. The molecule has 18 heavy (non-hydrogen) atoms. The molecule has 0 unspecified atom stereocenters. The molecule has 2 aromatic rings. The van der Waals surface area contributed by atoms with Crippen molar-refractivity contribution < 1.29 is 19.0 Å². The first-order valence-corrected chi connectivity index (χ1v) is 5.29. The van der Waals surface area contributed by atoms with E-state index < -0.39 is 11.8 Å². The van der Waals surface area contributed by atoms with E-state index in [2.05, 4.69) is 4.74 Å². The van der Waals surface area contributed by atoms with Crippen molar-refractivity contribution in [1.82, 2.24) is 0 Å². The summed E-state index contributed by atoms with van der Waals surface area (Å²) >= 11 is 0. The minimum absolute atomic E-state index is 0.0431. The number of methoxy groups -OCH3 is 1. The smallest absolute Gasteiger partial charge is 0.337 e. The highest BCUT2D eigenvalue weighted by molar-refractivity contribution is 5.91. The number of halogens is 1. The quantitative estimate of drug-likeness (QED) is 0.828. The third-order valence-corrected chi connectivity index (χ3v) is 2.55. The number of carbonyl (C=O) groups is 1. The number of ether oxygens (including phenoxy) is 1. The first kappa shape index (κ1) is 12.1. The Morgan fingerprint density at radius 2 is 2.00 bits per heavy atom. The van der Waals surface area contributed by atoms with Crippen molar-refractivity contribution in [2.24, 2.45) is 0 Å². The molecule has 92 valence electrons. The van der Waals surface area contributed by atoms with Crippen LogP contribution in [-0.4, -0.2) is 18.2 Å². The Hall–Kier alpha value is -2.36. The molecule has 0 saturated carbocycles. The van der Waals surface area contributed by atoms with Crippen LogP contribution in [0.25, 0.3) is 11.1 Å². The second-order valence-corrected chi connectivity index (χ2v) is 3.73. The highest BCUT2D eigenvalue weighted by Crippen LogP contribution is 2.30. The van der Waals surface area contributed by atoms with Crippen LogP contribution in [0.1, 0.15) is 10.4 Å². The molecule has 0 atom stereocenters. The Bertz CT molecular complexity index is 593. The minimum atomic E-state index is -0.479. The number of hydrogen-bond donors (Lipinski definition) is 1. The lowest BCUT2D eigenvalue weighted by Gasteiger charge is -2.06. The Morgan fingerprint density at radius 1 is 1.22 bits per heavy atom. The molecule has 2 aromatic carbocycles. The van der Waals surface area contributed by atoms with Crippen LogP contribution in [0.5, 0.6) is 5.75 Å². The van der Waals surface area contributed by atoms with Gasteiger partial charge < -0.3 is 9.84 Å². The highest BCUT2D eigenvalue weighted by atomic mass is 19.1. The van der Waals surface area contributed by atoms with Gasteiger partial charge in [0.1, 0.15) is 11.6 Å². The number of phenolic OH excluding ortho intramolecular Hbond substituents is 1. The van der Waals surface area contributed by atoms with Crippen LogP contribution < -0.4 is 0 Å². The molecule has 0 amide bonds. The van der Waals surface area contributed by atoms with Gasteiger partial charge in [-0.15, -0.1) is 0 Å². The lowest BCUT2D eigenvalue weighted by atomic mass is 10.0. The molecule has 0 heterocycles. The second kappa shape index (κ2) is 4.87. The van der Waals surface area contributed by atoms with Crippen molar-refractivity contribution >= 4 is 5.97 Å². The van der Waals surface area contributed by atoms with E-state index in [1.807, 2.05) is 0 Å². The topological polar surface area (TPSA) is 46.5 Å². The molecule has 4 heteroatoms. The Morgan fingerprint density at radius 3 is 2.72 bits per heavy atom. The molecule has 1 N–H and O–H groups in total. The molecule has 0 spiro atoms. The average Bonchev–Trinajstić information content (AvgIpc) is 2.40. The zero-order valence-corrected chi connectivity index (χ0v) is 9.68. The summed E-state index contributed by atoms with van der Waals surface area (Å²) in [5.74, 6) is -0.975. The van der Waals surface area contributed by atoms with Gasteiger partial charge >= 0.3 is 5.97 Å². The molecule has 0 aromatic heterocycles. The molecular weight excluding hydrogens is 235 g/mol. The molecule has 0 aliphatic heterocycles. The molecule has 0 fully saturated rings. The van der Waals surface area contributed by atoms with Crippen LogP contribution in [0, 0.1) is 5.82 Å². The van der Waals surface area contributed by atoms with E-state index >= 15 is 0 Å². The van der Waals surface area contributed by atoms with Gasteiger partial charge in [-0.1, -0.05) is 12.1 Å². The number of benzene rings is 2. The third kappa shape index (κ3) is 2.32. The maximum Gasteiger partial charge on any atom is 0.337 e. The lowest BCUT2D eigenvalue weighted by molar-refractivity contribution is 0.0601. The summed E-state index contributed by atoms with van der Waals surface area (Å²) in [6.45, 7) is 0. The Balaban J connectivity index is 2.51. The van der Waals surface area contributed by atoms with E-state index in [-0.39, 0.29) is 5.75 Å². The van der Waals surface area contributed by atoms with Gasteiger partial charge in [0.25, 0.3) is 0 Å². The van der Waals surface area contributed by atoms with Crippen molar-refractivity contribution in [3.05, 3.63) is 53.8 Å². The van der Waals surface area contributed by atoms with Crippen LogP contribution in [0.2, 0.25) is 0 Å². The third-order valence-electron chi connectivity index (χ3n) is 2.55. The molecule has 0 aliphatic carbocycles. The van der Waals surface area contributed by atoms with Gasteiger partial charge in [-0.05, 0) is 35.9 Å². The number of phenols is 1. The maximum atomic E-state index is 13.2. The van der Waals surface area contributed by atoms with Gasteiger partial charge in [0.15, 0.2) is 0 Å². The summed E-state index contributed by atoms with van der Waals surface area (Å²) in [5.41, 5.74) is 1.23. The van der Waals surface area contributed by atoms with E-state index in [4.69, 9.17) is 0 Å². The average molecular weight is 246 g/mol. The van der Waals surface area contributed by atoms with Crippen LogP contribution in [0.15, 0.2) is 42.5 Å². The van der Waals surface area contributed by atoms with E-state index in [0.29, 0.717) is 16.7 Å². The Labute approximate surface area is 103 Å². The number of esters is 1. The molecule has 0 saturated heterocycles. The minimum Gasteiger partial charge on any atom is -0.507 e. The first-order valence-electron chi connectivity index (χ1n) is 5.29. The molecule has 0 bridgehead atoms. The van der Waals surface area contributed by atoms with Crippen molar-refractivity contribution in [2.45, 2.75) is 0 Å². The van der Waals surface area contributed by atoms with Crippen molar-refractivity contribution in [2.75, 3.05) is 7.11 Å². The van der Waals surface area contributed by atoms with Gasteiger partial charge in [-0.3, -0.25) is 0 Å². The largest absolute Gasteiger partial charge is 0.507 e. The summed E-state index contributed by atoms with van der Waals surface area (Å²) in [5, 5.41) is 9.69. The maximum absolute atomic E-state index is 13.2. The lowest BCUT2D eigenvalue weighted by Crippen LogP contribution is -2.00. The monoisotopic (exact) mass is 246 g/mol. The van der Waals surface area contributed by atoms with Crippen LogP contribution >= 0.6 is 0 Å². The number of carbonyl (C=O) groups excluding carboxylic acids is 1. The molecule has 0 radical (unpaired) electrons. The van der Waals surface area contributed by atoms with Crippen LogP contribution in [-0.2, 0) is 4.74 Å². The Kier molecular flexibility index (Phi) is 3.28. The normalized spacial score (nSPS) is 10.1. The summed E-state index contributed by atoms with van der Waals surface area (Å²) in [6.07, 6.45) is 0. The van der Waals surface area contributed by atoms with Crippen LogP contribution in [0.3, 0.4) is 0 Å². The van der Waals surface area contributed by atoms with Crippen molar-refractivity contribution in [1.29, 1.82) is 0 Å². The SMILES string of the molecule is COC(=O)c1cccc(-c2cc(F)ccc2O)c1. The standard InChI is InChI=1S/C14H11FO3/c1-18-14(17)10-4-2-3-9(7-10)12-8-11(15)5-6-13(12)16/h2-8,16H,1H3. The number of aromatic hydroxyl groups is 1. The predicted octanol–water partition coefficient (Wildman–Crippen LogP) is 2.98. The van der Waals surface area contributed by atoms with Gasteiger partial charge in [0.2, 0.25) is 0 Å². The summed E-state index contributed by atoms with van der Waals surface area (Å²) in [4.78, 5) is 11.4. The number of hydrogen-bond acceptors (Lipinski definition) is 3. The zero-order chi connectivity index (χ0) is 13.1. The van der Waals surface area contributed by atoms with E-state index in [0.717, 1.165) is 0 Å². The highest BCUT2D eigenvalue weighted by Gasteiger charge is 2.10. The van der Waals surface area contributed by atoms with E-state index in [9.17, 15) is 14.3 Å². The summed E-state index contributed by atoms with van der Waals surface area (Å²) < 4.78 is 17.8. The van der Waals surface area contributed by atoms with E-state index in [1.165, 1.54) is 25.3 Å². The van der Waals surface area contributed by atoms with Gasteiger partial charge in [0.05, 0.1) is 12.7 Å². The van der Waals surface area contributed by atoms with Gasteiger partial charge in [-0.25, -0.2) is 9.18 Å². The zero-order valence-electron chi connectivity index (χ0n) is 9.68. The van der Waals surface area contributed by atoms with Crippen molar-refractivity contribution in [3.8, 4) is 16.9 Å². The van der Waals surface area contributed by atoms with Crippen molar-refractivity contribution in [3.63, 3.8) is 0 Å². The van der Waals surface area contributed by atoms with E-state index in [1.54, 1.807) is 24.3 Å². The molecular formula is C14H11FO3. The van der Waals surface area contributed by atoms with Crippen LogP contribution in [0.4, 0.5) is 4.39 Å². The fraction of sp³-hybridized carbons (Fsp3) is 0.0714. The molecule has 3 nitrogen and oxygen atoms in total. The van der Waals surface area contributed by atoms with Gasteiger partial charge in [-0.2, -0.15) is 0 Å². The molecule has 2 rings (SSSR count). The summed E-state index contributed by atoms with van der Waals surface area (Å²) in [6, 6.07) is 10.1. The summed E-state index contributed by atoms with van der Waals surface area (Å²) in [7, 11) is 1.29. The number of rotatable bonds is 2. The van der Waals surface area contributed by atoms with Gasteiger partial charge in [0, 0.05) is 5.56 Å².